The summed E-state index contributed by atoms with van der Waals surface area (Å²) in [7, 11) is -1.76. The van der Waals surface area contributed by atoms with Crippen LogP contribution in [0, 0.1) is 0 Å². The van der Waals surface area contributed by atoms with Crippen molar-refractivity contribution in [3.63, 3.8) is 0 Å². The molecule has 1 aliphatic carbocycles. The molecule has 2 aliphatic rings. The summed E-state index contributed by atoms with van der Waals surface area (Å²) in [5.74, 6) is 0.0574. The summed E-state index contributed by atoms with van der Waals surface area (Å²) in [4.78, 5) is 38.8. The summed E-state index contributed by atoms with van der Waals surface area (Å²) in [5.41, 5.74) is 0.529. The van der Waals surface area contributed by atoms with Crippen LogP contribution in [0.5, 0.6) is 0 Å². The van der Waals surface area contributed by atoms with Gasteiger partial charge < -0.3 is 10.2 Å². The van der Waals surface area contributed by atoms with Gasteiger partial charge in [0.25, 0.3) is 0 Å². The summed E-state index contributed by atoms with van der Waals surface area (Å²) >= 11 is 5.74. The third kappa shape index (κ3) is 2.84. The molecule has 0 bridgehead atoms. The average molecular weight is 411 g/mol. The SMILES string of the molecule is CC(=O)n1nc2c(c1NC(=O)C1([Si](C)(C)C)CCC1)CN(C(=O)Cl)C2(C)C. The fraction of sp³-hybridized carbons (Fsp3) is 0.667. The van der Waals surface area contributed by atoms with Crippen LogP contribution in [0.2, 0.25) is 24.7 Å². The molecule has 1 aliphatic heterocycles. The Morgan fingerprint density at radius 3 is 2.19 bits per heavy atom. The number of aromatic nitrogens is 2. The van der Waals surface area contributed by atoms with E-state index in [0.717, 1.165) is 19.3 Å². The number of anilines is 1. The molecule has 0 atom stereocenters. The highest BCUT2D eigenvalue weighted by atomic mass is 35.5. The Labute approximate surface area is 165 Å². The number of halogens is 1. The maximum atomic E-state index is 13.3. The van der Waals surface area contributed by atoms with Gasteiger partial charge in [-0.1, -0.05) is 26.1 Å². The molecule has 0 aromatic carbocycles. The molecule has 7 nitrogen and oxygen atoms in total. The van der Waals surface area contributed by atoms with Gasteiger partial charge in [-0.05, 0) is 38.3 Å². The highest BCUT2D eigenvalue weighted by Gasteiger charge is 2.54. The first kappa shape index (κ1) is 20.1. The minimum absolute atomic E-state index is 0.0356. The summed E-state index contributed by atoms with van der Waals surface area (Å²) in [6.07, 6.45) is 2.80. The van der Waals surface area contributed by atoms with E-state index in [1.165, 1.54) is 16.5 Å². The van der Waals surface area contributed by atoms with E-state index < -0.39 is 19.0 Å². The largest absolute Gasteiger partial charge is 0.317 e. The highest BCUT2D eigenvalue weighted by Crippen LogP contribution is 2.56. The van der Waals surface area contributed by atoms with E-state index in [9.17, 15) is 14.4 Å². The monoisotopic (exact) mass is 410 g/mol. The van der Waals surface area contributed by atoms with Crippen molar-refractivity contribution in [1.82, 2.24) is 14.7 Å². The van der Waals surface area contributed by atoms with E-state index in [0.29, 0.717) is 17.1 Å². The molecule has 1 fully saturated rings. The van der Waals surface area contributed by atoms with Gasteiger partial charge in [0.05, 0.1) is 25.9 Å². The molecule has 2 amide bonds. The molecule has 1 aromatic heterocycles. The fourth-order valence-electron chi connectivity index (χ4n) is 4.29. The van der Waals surface area contributed by atoms with Crippen molar-refractivity contribution in [2.24, 2.45) is 0 Å². The van der Waals surface area contributed by atoms with E-state index in [-0.39, 0.29) is 23.4 Å². The summed E-state index contributed by atoms with van der Waals surface area (Å²) in [5, 5.41) is 6.53. The van der Waals surface area contributed by atoms with Crippen molar-refractivity contribution in [2.45, 2.75) is 76.8 Å². The molecule has 1 saturated carbocycles. The predicted octanol–water partition coefficient (Wildman–Crippen LogP) is 4.15. The second kappa shape index (κ2) is 6.17. The van der Waals surface area contributed by atoms with Crippen molar-refractivity contribution in [3.8, 4) is 0 Å². The van der Waals surface area contributed by atoms with Crippen LogP contribution in [0.3, 0.4) is 0 Å². The van der Waals surface area contributed by atoms with Crippen LogP contribution < -0.4 is 5.32 Å². The zero-order valence-corrected chi connectivity index (χ0v) is 18.5. The Morgan fingerprint density at radius 2 is 1.78 bits per heavy atom. The standard InChI is InChI=1S/C18H27ClN4O3Si/c1-11(24)23-14(20-15(25)18(8-7-9-18)27(4,5)6)12-10-22(16(19)26)17(2,3)13(12)21-23/h7-10H2,1-6H3,(H,20,25). The van der Waals surface area contributed by atoms with Crippen LogP contribution in [0.15, 0.2) is 0 Å². The van der Waals surface area contributed by atoms with Gasteiger partial charge in [-0.3, -0.25) is 14.4 Å². The molecule has 148 valence electrons. The van der Waals surface area contributed by atoms with Crippen LogP contribution in [0.1, 0.15) is 56.1 Å². The maximum Gasteiger partial charge on any atom is 0.317 e. The van der Waals surface area contributed by atoms with Crippen LogP contribution in [-0.4, -0.2) is 39.9 Å². The Hall–Kier alpha value is -1.67. The van der Waals surface area contributed by atoms with Crippen LogP contribution in [0.25, 0.3) is 0 Å². The Balaban J connectivity index is 2.04. The lowest BCUT2D eigenvalue weighted by molar-refractivity contribution is -0.121. The lowest BCUT2D eigenvalue weighted by Gasteiger charge is -2.48. The molecule has 0 spiro atoms. The van der Waals surface area contributed by atoms with Gasteiger partial charge in [0.15, 0.2) is 0 Å². The molecule has 9 heteroatoms. The van der Waals surface area contributed by atoms with Crippen molar-refractivity contribution in [2.75, 3.05) is 5.32 Å². The van der Waals surface area contributed by atoms with E-state index in [2.05, 4.69) is 30.1 Å². The van der Waals surface area contributed by atoms with Crippen LogP contribution >= 0.6 is 11.6 Å². The van der Waals surface area contributed by atoms with Gasteiger partial charge in [0.2, 0.25) is 11.8 Å². The summed E-state index contributed by atoms with van der Waals surface area (Å²) in [6, 6.07) is 0. The quantitative estimate of drug-likeness (QED) is 0.460. The second-order valence-corrected chi connectivity index (χ2v) is 14.9. The Kier molecular flexibility index (Phi) is 4.59. The van der Waals surface area contributed by atoms with E-state index in [4.69, 9.17) is 11.6 Å². The van der Waals surface area contributed by atoms with Crippen LogP contribution in [-0.2, 0) is 16.9 Å². The number of carbonyl (C=O) groups excluding carboxylic acids is 3. The normalized spacial score (nSPS) is 20.0. The number of carbonyl (C=O) groups is 3. The average Bonchev–Trinajstić information content (AvgIpc) is 2.92. The minimum atomic E-state index is -1.76. The first-order chi connectivity index (χ1) is 12.3. The topological polar surface area (TPSA) is 84.3 Å². The number of nitrogens with one attached hydrogen (secondary N) is 1. The van der Waals surface area contributed by atoms with E-state index >= 15 is 0 Å². The van der Waals surface area contributed by atoms with Gasteiger partial charge in [0.1, 0.15) is 5.82 Å². The van der Waals surface area contributed by atoms with Gasteiger partial charge in [0, 0.05) is 17.5 Å². The number of nitrogens with zero attached hydrogens (tertiary/aromatic N) is 3. The second-order valence-electron chi connectivity index (χ2n) is 9.14. The molecular formula is C18H27ClN4O3Si. The third-order valence-corrected chi connectivity index (χ3v) is 10.2. The van der Waals surface area contributed by atoms with E-state index in [1.807, 2.05) is 13.8 Å². The molecule has 2 heterocycles. The van der Waals surface area contributed by atoms with E-state index in [1.54, 1.807) is 0 Å². The molecule has 1 aromatic rings. The molecule has 0 saturated heterocycles. The smallest absolute Gasteiger partial charge is 0.314 e. The lowest BCUT2D eigenvalue weighted by atomic mass is 9.83. The molecule has 1 N–H and O–H groups in total. The van der Waals surface area contributed by atoms with Gasteiger partial charge in [-0.25, -0.2) is 0 Å². The van der Waals surface area contributed by atoms with Gasteiger partial charge in [-0.15, -0.1) is 0 Å². The molecule has 0 unspecified atom stereocenters. The lowest BCUT2D eigenvalue weighted by Crippen LogP contribution is -2.52. The summed E-state index contributed by atoms with van der Waals surface area (Å²) < 4.78 is 1.25. The molecule has 3 rings (SSSR count). The number of hydrogen-bond acceptors (Lipinski definition) is 4. The van der Waals surface area contributed by atoms with Crippen molar-refractivity contribution in [1.29, 1.82) is 0 Å². The fourth-order valence-corrected chi connectivity index (χ4v) is 7.16. The zero-order valence-electron chi connectivity index (χ0n) is 16.8. The van der Waals surface area contributed by atoms with Crippen molar-refractivity contribution in [3.05, 3.63) is 11.3 Å². The predicted molar refractivity (Wildman–Crippen MR) is 107 cm³/mol. The van der Waals surface area contributed by atoms with Crippen molar-refractivity contribution < 1.29 is 14.4 Å². The third-order valence-electron chi connectivity index (χ3n) is 6.37. The minimum Gasteiger partial charge on any atom is -0.314 e. The van der Waals surface area contributed by atoms with Crippen LogP contribution in [0.4, 0.5) is 10.6 Å². The summed E-state index contributed by atoms with van der Waals surface area (Å²) in [6.45, 7) is 11.9. The van der Waals surface area contributed by atoms with Crippen molar-refractivity contribution >= 4 is 42.7 Å². The zero-order chi connectivity index (χ0) is 20.4. The first-order valence-corrected chi connectivity index (χ1v) is 13.1. The highest BCUT2D eigenvalue weighted by molar-refractivity contribution is 6.83. The maximum absolute atomic E-state index is 13.3. The number of amides is 2. The number of fused-ring (bicyclic) bond motifs is 1. The Bertz CT molecular complexity index is 836. The van der Waals surface area contributed by atoms with Gasteiger partial charge >= 0.3 is 5.37 Å². The number of rotatable bonds is 3. The Morgan fingerprint density at radius 1 is 1.19 bits per heavy atom. The molecule has 0 radical (unpaired) electrons. The first-order valence-electron chi connectivity index (χ1n) is 9.25. The molecular weight excluding hydrogens is 384 g/mol. The van der Waals surface area contributed by atoms with Gasteiger partial charge in [-0.2, -0.15) is 9.78 Å². The molecule has 27 heavy (non-hydrogen) atoms. The number of hydrogen-bond donors (Lipinski definition) is 1.